The Morgan fingerprint density at radius 1 is 1.50 bits per heavy atom. The molecule has 0 atom stereocenters. The van der Waals surface area contributed by atoms with E-state index in [-0.39, 0.29) is 0 Å². The van der Waals surface area contributed by atoms with Crippen molar-refractivity contribution >= 4 is 16.7 Å². The standard InChI is InChI=1S/C9H11N3/c1-6-8(10)7-4-3-5-11-9(7)12(6)2/h3-5H,10H2,1-2H3. The highest BCUT2D eigenvalue weighted by Crippen LogP contribution is 2.24. The van der Waals surface area contributed by atoms with E-state index in [0.717, 1.165) is 22.4 Å². The molecule has 0 amide bonds. The molecule has 2 heterocycles. The maximum atomic E-state index is 5.88. The predicted molar refractivity (Wildman–Crippen MR) is 49.9 cm³/mol. The summed E-state index contributed by atoms with van der Waals surface area (Å²) in [6.45, 7) is 2.00. The molecule has 0 aliphatic heterocycles. The van der Waals surface area contributed by atoms with Crippen LogP contribution in [0.1, 0.15) is 5.69 Å². The SMILES string of the molecule is Cc1c(N)c2cccnc2n1C. The van der Waals surface area contributed by atoms with E-state index in [4.69, 9.17) is 5.73 Å². The fraction of sp³-hybridized carbons (Fsp3) is 0.222. The number of nitrogens with two attached hydrogens (primary N) is 1. The second kappa shape index (κ2) is 2.24. The van der Waals surface area contributed by atoms with E-state index in [1.54, 1.807) is 6.20 Å². The number of pyridine rings is 1. The van der Waals surface area contributed by atoms with Gasteiger partial charge in [-0.3, -0.25) is 0 Å². The smallest absolute Gasteiger partial charge is 0.141 e. The Kier molecular flexibility index (Phi) is 1.33. The minimum absolute atomic E-state index is 0.834. The minimum atomic E-state index is 0.834. The van der Waals surface area contributed by atoms with E-state index in [1.807, 2.05) is 30.7 Å². The van der Waals surface area contributed by atoms with Gasteiger partial charge in [-0.2, -0.15) is 0 Å². The number of hydrogen-bond acceptors (Lipinski definition) is 2. The lowest BCUT2D eigenvalue weighted by Crippen LogP contribution is -1.92. The monoisotopic (exact) mass is 161 g/mol. The van der Waals surface area contributed by atoms with Crippen LogP contribution in [0.4, 0.5) is 5.69 Å². The Labute approximate surface area is 70.8 Å². The van der Waals surface area contributed by atoms with Crippen molar-refractivity contribution in [2.45, 2.75) is 6.92 Å². The number of aryl methyl sites for hydroxylation is 1. The van der Waals surface area contributed by atoms with Crippen LogP contribution in [-0.2, 0) is 7.05 Å². The van der Waals surface area contributed by atoms with E-state index in [2.05, 4.69) is 4.98 Å². The van der Waals surface area contributed by atoms with Crippen LogP contribution in [0.5, 0.6) is 0 Å². The van der Waals surface area contributed by atoms with Gasteiger partial charge in [-0.15, -0.1) is 0 Å². The number of rotatable bonds is 0. The van der Waals surface area contributed by atoms with Crippen LogP contribution in [0.2, 0.25) is 0 Å². The van der Waals surface area contributed by atoms with Crippen LogP contribution in [0.3, 0.4) is 0 Å². The second-order valence-electron chi connectivity index (χ2n) is 2.93. The van der Waals surface area contributed by atoms with Crippen molar-refractivity contribution in [2.24, 2.45) is 7.05 Å². The Bertz CT molecular complexity index is 390. The number of nitrogen functional groups attached to an aromatic ring is 1. The van der Waals surface area contributed by atoms with E-state index in [1.165, 1.54) is 0 Å². The molecule has 0 aromatic carbocycles. The molecular formula is C9H11N3. The van der Waals surface area contributed by atoms with Gasteiger partial charge in [0.15, 0.2) is 0 Å². The first-order valence-electron chi connectivity index (χ1n) is 3.87. The van der Waals surface area contributed by atoms with Gasteiger partial charge >= 0.3 is 0 Å². The Morgan fingerprint density at radius 2 is 2.25 bits per heavy atom. The number of anilines is 1. The summed E-state index contributed by atoms with van der Waals surface area (Å²) < 4.78 is 2.00. The number of fused-ring (bicyclic) bond motifs is 1. The summed E-state index contributed by atoms with van der Waals surface area (Å²) in [7, 11) is 1.97. The van der Waals surface area contributed by atoms with Gasteiger partial charge in [0.2, 0.25) is 0 Å². The van der Waals surface area contributed by atoms with Crippen LogP contribution in [0.25, 0.3) is 11.0 Å². The topological polar surface area (TPSA) is 43.8 Å². The van der Waals surface area contributed by atoms with Crippen LogP contribution >= 0.6 is 0 Å². The largest absolute Gasteiger partial charge is 0.397 e. The highest BCUT2D eigenvalue weighted by Gasteiger charge is 2.07. The van der Waals surface area contributed by atoms with Gasteiger partial charge in [-0.1, -0.05) is 0 Å². The second-order valence-corrected chi connectivity index (χ2v) is 2.93. The molecule has 2 rings (SSSR count). The first-order valence-corrected chi connectivity index (χ1v) is 3.87. The summed E-state index contributed by atoms with van der Waals surface area (Å²) in [6.07, 6.45) is 1.78. The first-order chi connectivity index (χ1) is 5.72. The third-order valence-electron chi connectivity index (χ3n) is 2.29. The molecule has 2 N–H and O–H groups in total. The van der Waals surface area contributed by atoms with Crippen molar-refractivity contribution in [2.75, 3.05) is 5.73 Å². The Hall–Kier alpha value is -1.51. The highest BCUT2D eigenvalue weighted by molar-refractivity contribution is 5.91. The predicted octanol–water partition coefficient (Wildman–Crippen LogP) is 1.46. The van der Waals surface area contributed by atoms with E-state index in [0.29, 0.717) is 0 Å². The molecule has 2 aromatic rings. The summed E-state index contributed by atoms with van der Waals surface area (Å²) >= 11 is 0. The molecule has 3 heteroatoms. The van der Waals surface area contributed by atoms with Gasteiger partial charge in [0.25, 0.3) is 0 Å². The molecule has 12 heavy (non-hydrogen) atoms. The molecule has 0 aliphatic rings. The normalized spacial score (nSPS) is 10.8. The van der Waals surface area contributed by atoms with Crippen molar-refractivity contribution < 1.29 is 0 Å². The fourth-order valence-corrected chi connectivity index (χ4v) is 1.41. The molecule has 0 aliphatic carbocycles. The Balaban J connectivity index is 2.99. The van der Waals surface area contributed by atoms with Gasteiger partial charge in [0.05, 0.1) is 5.69 Å². The van der Waals surface area contributed by atoms with Gasteiger partial charge in [-0.25, -0.2) is 4.98 Å². The summed E-state index contributed by atoms with van der Waals surface area (Å²) in [4.78, 5) is 4.25. The third kappa shape index (κ3) is 0.733. The molecule has 62 valence electrons. The third-order valence-corrected chi connectivity index (χ3v) is 2.29. The molecule has 2 aromatic heterocycles. The lowest BCUT2D eigenvalue weighted by molar-refractivity contribution is 0.904. The average molecular weight is 161 g/mol. The van der Waals surface area contributed by atoms with Crippen molar-refractivity contribution in [3.63, 3.8) is 0 Å². The van der Waals surface area contributed by atoms with Gasteiger partial charge in [0, 0.05) is 24.3 Å². The van der Waals surface area contributed by atoms with E-state index in [9.17, 15) is 0 Å². The zero-order valence-corrected chi connectivity index (χ0v) is 7.20. The van der Waals surface area contributed by atoms with Gasteiger partial charge in [0.1, 0.15) is 5.65 Å². The Morgan fingerprint density at radius 3 is 2.92 bits per heavy atom. The molecule has 0 saturated heterocycles. The molecule has 0 fully saturated rings. The van der Waals surface area contributed by atoms with Crippen LogP contribution in [0.15, 0.2) is 18.3 Å². The van der Waals surface area contributed by atoms with Crippen LogP contribution < -0.4 is 5.73 Å². The molecule has 0 spiro atoms. The zero-order chi connectivity index (χ0) is 8.72. The summed E-state index contributed by atoms with van der Waals surface area (Å²) in [5, 5.41) is 1.04. The first kappa shape index (κ1) is 7.16. The minimum Gasteiger partial charge on any atom is -0.397 e. The lowest BCUT2D eigenvalue weighted by Gasteiger charge is -1.95. The number of hydrogen-bond donors (Lipinski definition) is 1. The molecule has 3 nitrogen and oxygen atoms in total. The average Bonchev–Trinajstić information content (AvgIpc) is 2.33. The van der Waals surface area contributed by atoms with Crippen molar-refractivity contribution in [1.29, 1.82) is 0 Å². The van der Waals surface area contributed by atoms with Gasteiger partial charge in [-0.05, 0) is 19.1 Å². The summed E-state index contributed by atoms with van der Waals surface area (Å²) in [5.74, 6) is 0. The van der Waals surface area contributed by atoms with Crippen molar-refractivity contribution in [3.05, 3.63) is 24.0 Å². The molecule has 0 radical (unpaired) electrons. The van der Waals surface area contributed by atoms with Crippen LogP contribution in [0, 0.1) is 6.92 Å². The highest BCUT2D eigenvalue weighted by atomic mass is 15.0. The number of nitrogens with zero attached hydrogens (tertiary/aromatic N) is 2. The zero-order valence-electron chi connectivity index (χ0n) is 7.20. The lowest BCUT2D eigenvalue weighted by atomic mass is 10.3. The van der Waals surface area contributed by atoms with Crippen molar-refractivity contribution in [1.82, 2.24) is 9.55 Å². The molecule has 0 bridgehead atoms. The summed E-state index contributed by atoms with van der Waals surface area (Å²) in [5.41, 5.74) is 8.74. The summed E-state index contributed by atoms with van der Waals surface area (Å²) in [6, 6.07) is 3.89. The van der Waals surface area contributed by atoms with E-state index < -0.39 is 0 Å². The molecule has 0 unspecified atom stereocenters. The van der Waals surface area contributed by atoms with E-state index >= 15 is 0 Å². The molecule has 0 saturated carbocycles. The van der Waals surface area contributed by atoms with Crippen molar-refractivity contribution in [3.8, 4) is 0 Å². The fourth-order valence-electron chi connectivity index (χ4n) is 1.41. The number of aromatic nitrogens is 2. The maximum Gasteiger partial charge on any atom is 0.141 e. The maximum absolute atomic E-state index is 5.88. The molecular weight excluding hydrogens is 150 g/mol. The quantitative estimate of drug-likeness (QED) is 0.635. The van der Waals surface area contributed by atoms with Gasteiger partial charge < -0.3 is 10.3 Å². The van der Waals surface area contributed by atoms with Crippen LogP contribution in [-0.4, -0.2) is 9.55 Å².